The van der Waals surface area contributed by atoms with Crippen molar-refractivity contribution in [2.75, 3.05) is 20.2 Å². The van der Waals surface area contributed by atoms with E-state index in [0.717, 1.165) is 16.7 Å². The van der Waals surface area contributed by atoms with Crippen molar-refractivity contribution in [1.82, 2.24) is 14.8 Å². The van der Waals surface area contributed by atoms with Gasteiger partial charge in [-0.05, 0) is 36.5 Å². The lowest BCUT2D eigenvalue weighted by atomic mass is 9.95. The zero-order chi connectivity index (χ0) is 21.7. The lowest BCUT2D eigenvalue weighted by molar-refractivity contribution is -0.129. The average Bonchev–Trinajstić information content (AvgIpc) is 2.76. The molecule has 0 saturated carbocycles. The summed E-state index contributed by atoms with van der Waals surface area (Å²) < 4.78 is 6.79. The number of benzene rings is 1. The van der Waals surface area contributed by atoms with Crippen LogP contribution in [-0.2, 0) is 35.5 Å². The van der Waals surface area contributed by atoms with Gasteiger partial charge in [0.15, 0.2) is 0 Å². The summed E-state index contributed by atoms with van der Waals surface area (Å²) in [6.45, 7) is 5.09. The second-order valence-corrected chi connectivity index (χ2v) is 7.69. The molecule has 0 radical (unpaired) electrons. The first kappa shape index (κ1) is 21.8. The number of carbonyl (C=O) groups excluding carboxylic acids is 2. The summed E-state index contributed by atoms with van der Waals surface area (Å²) in [6.07, 6.45) is 2.83. The summed E-state index contributed by atoms with van der Waals surface area (Å²) in [4.78, 5) is 39.8. The number of rotatable bonds is 7. The molecule has 1 aliphatic rings. The molecule has 30 heavy (non-hydrogen) atoms. The SMILES string of the molecule is COC(C)CNC(=O)c1c2c(cn(CCc3ccccc3)c1=O)CN(C(C)=O)CC2. The molecule has 0 saturated heterocycles. The van der Waals surface area contributed by atoms with Crippen molar-refractivity contribution in [2.24, 2.45) is 0 Å². The fourth-order valence-electron chi connectivity index (χ4n) is 3.68. The minimum absolute atomic E-state index is 0.0115. The third-order valence-corrected chi connectivity index (χ3v) is 5.58. The molecule has 2 heterocycles. The van der Waals surface area contributed by atoms with Gasteiger partial charge in [-0.2, -0.15) is 0 Å². The number of fused-ring (bicyclic) bond motifs is 1. The van der Waals surface area contributed by atoms with E-state index >= 15 is 0 Å². The van der Waals surface area contributed by atoms with Gasteiger partial charge in [0.1, 0.15) is 5.56 Å². The van der Waals surface area contributed by atoms with Crippen LogP contribution in [0.3, 0.4) is 0 Å². The van der Waals surface area contributed by atoms with Gasteiger partial charge in [-0.15, -0.1) is 0 Å². The van der Waals surface area contributed by atoms with Crippen molar-refractivity contribution in [3.05, 3.63) is 69.1 Å². The Kier molecular flexibility index (Phi) is 7.05. The molecule has 0 bridgehead atoms. The highest BCUT2D eigenvalue weighted by atomic mass is 16.5. The number of aromatic nitrogens is 1. The Bertz CT molecular complexity index is 968. The lowest BCUT2D eigenvalue weighted by Gasteiger charge is -2.29. The number of carbonyl (C=O) groups is 2. The number of nitrogens with one attached hydrogen (secondary N) is 1. The maximum absolute atomic E-state index is 13.2. The van der Waals surface area contributed by atoms with Crippen LogP contribution in [0.1, 0.15) is 40.9 Å². The van der Waals surface area contributed by atoms with E-state index in [9.17, 15) is 14.4 Å². The van der Waals surface area contributed by atoms with Gasteiger partial charge >= 0.3 is 0 Å². The third-order valence-electron chi connectivity index (χ3n) is 5.58. The molecule has 1 aromatic heterocycles. The molecule has 1 unspecified atom stereocenters. The first-order valence-corrected chi connectivity index (χ1v) is 10.3. The highest BCUT2D eigenvalue weighted by Gasteiger charge is 2.27. The molecular formula is C23H29N3O4. The van der Waals surface area contributed by atoms with E-state index in [0.29, 0.717) is 39.0 Å². The van der Waals surface area contributed by atoms with Crippen LogP contribution in [0.4, 0.5) is 0 Å². The number of amides is 2. The number of pyridine rings is 1. The van der Waals surface area contributed by atoms with Gasteiger partial charge in [-0.3, -0.25) is 14.4 Å². The molecule has 2 amide bonds. The minimum atomic E-state index is -0.384. The van der Waals surface area contributed by atoms with Crippen LogP contribution in [0.15, 0.2) is 41.3 Å². The molecule has 0 spiro atoms. The smallest absolute Gasteiger partial charge is 0.263 e. The minimum Gasteiger partial charge on any atom is -0.380 e. The predicted octanol–water partition coefficient (Wildman–Crippen LogP) is 1.76. The maximum Gasteiger partial charge on any atom is 0.263 e. The van der Waals surface area contributed by atoms with Crippen molar-refractivity contribution in [3.8, 4) is 0 Å². The predicted molar refractivity (Wildman–Crippen MR) is 114 cm³/mol. The summed E-state index contributed by atoms with van der Waals surface area (Å²) in [6, 6.07) is 9.91. The molecule has 1 aliphatic heterocycles. The van der Waals surface area contributed by atoms with Crippen molar-refractivity contribution in [2.45, 2.75) is 45.9 Å². The number of ether oxygens (including phenoxy) is 1. The van der Waals surface area contributed by atoms with Gasteiger partial charge < -0.3 is 19.5 Å². The van der Waals surface area contributed by atoms with E-state index in [1.165, 1.54) is 6.92 Å². The molecule has 1 N–H and O–H groups in total. The van der Waals surface area contributed by atoms with Crippen LogP contribution in [0, 0.1) is 0 Å². The summed E-state index contributed by atoms with van der Waals surface area (Å²) in [7, 11) is 1.58. The number of methoxy groups -OCH3 is 1. The van der Waals surface area contributed by atoms with Gasteiger partial charge in [-0.25, -0.2) is 0 Å². The van der Waals surface area contributed by atoms with Crippen LogP contribution in [0.5, 0.6) is 0 Å². The third kappa shape index (κ3) is 4.97. The van der Waals surface area contributed by atoms with Crippen LogP contribution in [0.25, 0.3) is 0 Å². The molecule has 2 aromatic rings. The normalized spacial score (nSPS) is 14.2. The summed E-state index contributed by atoms with van der Waals surface area (Å²) in [5.41, 5.74) is 2.62. The molecule has 1 aromatic carbocycles. The van der Waals surface area contributed by atoms with E-state index in [-0.39, 0.29) is 29.0 Å². The monoisotopic (exact) mass is 411 g/mol. The zero-order valence-corrected chi connectivity index (χ0v) is 17.8. The highest BCUT2D eigenvalue weighted by molar-refractivity contribution is 5.95. The largest absolute Gasteiger partial charge is 0.380 e. The van der Waals surface area contributed by atoms with E-state index in [4.69, 9.17) is 4.74 Å². The standard InChI is InChI=1S/C23H29N3O4/c1-16(30-3)13-24-22(28)21-20-10-12-25(17(2)27)14-19(20)15-26(23(21)29)11-9-18-7-5-4-6-8-18/h4-8,15-16H,9-14H2,1-3H3,(H,24,28). The van der Waals surface area contributed by atoms with Gasteiger partial charge in [0.2, 0.25) is 5.91 Å². The molecule has 0 aliphatic carbocycles. The summed E-state index contributed by atoms with van der Waals surface area (Å²) in [5, 5.41) is 2.82. The second kappa shape index (κ2) is 9.71. The number of nitrogens with zero attached hydrogens (tertiary/aromatic N) is 2. The van der Waals surface area contributed by atoms with Crippen molar-refractivity contribution >= 4 is 11.8 Å². The molecule has 160 valence electrons. The van der Waals surface area contributed by atoms with Crippen LogP contribution < -0.4 is 10.9 Å². The average molecular weight is 412 g/mol. The van der Waals surface area contributed by atoms with Crippen molar-refractivity contribution in [1.29, 1.82) is 0 Å². The number of hydrogen-bond donors (Lipinski definition) is 1. The molecular weight excluding hydrogens is 382 g/mol. The quantitative estimate of drug-likeness (QED) is 0.753. The molecule has 7 nitrogen and oxygen atoms in total. The molecule has 7 heteroatoms. The Balaban J connectivity index is 1.94. The van der Waals surface area contributed by atoms with Crippen molar-refractivity contribution in [3.63, 3.8) is 0 Å². The van der Waals surface area contributed by atoms with E-state index < -0.39 is 0 Å². The van der Waals surface area contributed by atoms with Gasteiger partial charge in [0, 0.05) is 46.4 Å². The van der Waals surface area contributed by atoms with E-state index in [1.807, 2.05) is 43.5 Å². The van der Waals surface area contributed by atoms with Gasteiger partial charge in [0.25, 0.3) is 11.5 Å². The number of aryl methyl sites for hydroxylation is 2. The summed E-state index contributed by atoms with van der Waals surface area (Å²) >= 11 is 0. The molecule has 1 atom stereocenters. The van der Waals surface area contributed by atoms with Crippen molar-refractivity contribution < 1.29 is 14.3 Å². The Hall–Kier alpha value is -2.93. The lowest BCUT2D eigenvalue weighted by Crippen LogP contribution is -2.42. The second-order valence-electron chi connectivity index (χ2n) is 7.69. The zero-order valence-electron chi connectivity index (χ0n) is 17.8. The van der Waals surface area contributed by atoms with Crippen LogP contribution >= 0.6 is 0 Å². The van der Waals surface area contributed by atoms with Crippen LogP contribution in [-0.4, -0.2) is 47.6 Å². The first-order chi connectivity index (χ1) is 14.4. The Morgan fingerprint density at radius 1 is 1.23 bits per heavy atom. The Morgan fingerprint density at radius 3 is 2.63 bits per heavy atom. The topological polar surface area (TPSA) is 80.6 Å². The Labute approximate surface area is 176 Å². The van der Waals surface area contributed by atoms with E-state index in [1.54, 1.807) is 16.6 Å². The first-order valence-electron chi connectivity index (χ1n) is 10.3. The fraction of sp³-hybridized carbons (Fsp3) is 0.435. The molecule has 0 fully saturated rings. The highest BCUT2D eigenvalue weighted by Crippen LogP contribution is 2.21. The number of hydrogen-bond acceptors (Lipinski definition) is 4. The van der Waals surface area contributed by atoms with Gasteiger partial charge in [-0.1, -0.05) is 30.3 Å². The summed E-state index contributed by atoms with van der Waals surface area (Å²) in [5.74, 6) is -0.395. The van der Waals surface area contributed by atoms with Gasteiger partial charge in [0.05, 0.1) is 6.10 Å². The molecule has 3 rings (SSSR count). The fourth-order valence-corrected chi connectivity index (χ4v) is 3.68. The maximum atomic E-state index is 13.2. The van der Waals surface area contributed by atoms with E-state index in [2.05, 4.69) is 5.32 Å². The van der Waals surface area contributed by atoms with Crippen LogP contribution in [0.2, 0.25) is 0 Å². The Morgan fingerprint density at radius 2 is 1.97 bits per heavy atom.